The summed E-state index contributed by atoms with van der Waals surface area (Å²) in [6, 6.07) is 0. The van der Waals surface area contributed by atoms with Crippen LogP contribution in [0, 0.1) is 0 Å². The molecule has 0 aromatic carbocycles. The molecule has 0 heterocycles. The van der Waals surface area contributed by atoms with Crippen LogP contribution in [0.4, 0.5) is 0 Å². The van der Waals surface area contributed by atoms with Gasteiger partial charge >= 0.3 is 18.9 Å². The number of hydrogen-bond donors (Lipinski definition) is 0. The zero-order chi connectivity index (χ0) is 2.71. The molecule has 0 aliphatic heterocycles. The molecule has 2 heteroatoms. The van der Waals surface area contributed by atoms with Crippen molar-refractivity contribution in [3.05, 3.63) is 0 Å². The summed E-state index contributed by atoms with van der Waals surface area (Å²) >= 11 is 0.750. The van der Waals surface area contributed by atoms with Crippen LogP contribution in [0.1, 0.15) is 0 Å². The van der Waals surface area contributed by atoms with Crippen LogP contribution in [0.2, 0.25) is 11.6 Å². The van der Waals surface area contributed by atoms with Crippen molar-refractivity contribution in [1.29, 1.82) is 0 Å². The van der Waals surface area contributed by atoms with Crippen molar-refractivity contribution in [3.8, 4) is 0 Å². The van der Waals surface area contributed by atoms with Gasteiger partial charge in [-0.25, -0.2) is 0 Å². The molecule has 0 aliphatic rings. The van der Waals surface area contributed by atoms with Crippen LogP contribution in [-0.4, -0.2) is 34.1 Å². The Morgan fingerprint density at radius 2 is 1.25 bits per heavy atom. The van der Waals surface area contributed by atoms with E-state index in [-0.39, 0.29) is 18.9 Å². The van der Waals surface area contributed by atoms with Crippen molar-refractivity contribution in [3.63, 3.8) is 0 Å². The standard InChI is InChI=1S/2CH3.Al.Li.H/h2*1H3;;;. The summed E-state index contributed by atoms with van der Waals surface area (Å²) in [6.07, 6.45) is 0. The van der Waals surface area contributed by atoms with Gasteiger partial charge in [0.15, 0.2) is 15.2 Å². The topological polar surface area (TPSA) is 0 Å². The molecular formula is C2H7AlLi. The molecular weight excluding hydrogens is 57.9 g/mol. The minimum absolute atomic E-state index is 0. The fraction of sp³-hybridized carbons (Fsp3) is 1.00. The molecule has 0 fully saturated rings. The second-order valence-corrected chi connectivity index (χ2v) is 1.73. The van der Waals surface area contributed by atoms with Crippen LogP contribution in [0.5, 0.6) is 0 Å². The first-order valence-electron chi connectivity index (χ1n) is 1.15. The molecule has 0 aromatic rings. The first-order chi connectivity index (χ1) is 1.41. The Morgan fingerprint density at radius 1 is 1.25 bits per heavy atom. The van der Waals surface area contributed by atoms with Crippen molar-refractivity contribution in [2.75, 3.05) is 0 Å². The molecule has 0 N–H and O–H groups in total. The van der Waals surface area contributed by atoms with E-state index in [0.29, 0.717) is 0 Å². The van der Waals surface area contributed by atoms with Gasteiger partial charge in [-0.15, -0.1) is 11.6 Å². The molecule has 1 radical (unpaired) electrons. The third-order valence-electron chi connectivity index (χ3n) is 0. The van der Waals surface area contributed by atoms with Crippen molar-refractivity contribution in [2.45, 2.75) is 11.6 Å². The molecule has 0 unspecified atom stereocenters. The van der Waals surface area contributed by atoms with Crippen LogP contribution in [-0.2, 0) is 0 Å². The van der Waals surface area contributed by atoms with Crippen LogP contribution < -0.4 is 0 Å². The third kappa shape index (κ3) is 11.1. The summed E-state index contributed by atoms with van der Waals surface area (Å²) in [5.41, 5.74) is 0. The van der Waals surface area contributed by atoms with Crippen molar-refractivity contribution in [1.82, 2.24) is 0 Å². The molecule has 0 atom stereocenters. The van der Waals surface area contributed by atoms with E-state index in [9.17, 15) is 0 Å². The molecule has 0 spiro atoms. The van der Waals surface area contributed by atoms with Gasteiger partial charge in [-0.1, -0.05) is 0 Å². The molecule has 0 saturated carbocycles. The van der Waals surface area contributed by atoms with Crippen LogP contribution in [0.25, 0.3) is 0 Å². The average Bonchev–Trinajstić information content (AvgIpc) is 0.918. The second-order valence-electron chi connectivity index (χ2n) is 0.577. The van der Waals surface area contributed by atoms with Crippen LogP contribution >= 0.6 is 0 Å². The molecule has 0 aliphatic carbocycles. The van der Waals surface area contributed by atoms with Gasteiger partial charge in [0.1, 0.15) is 0 Å². The zero-order valence-electron chi connectivity index (χ0n) is 2.58. The summed E-state index contributed by atoms with van der Waals surface area (Å²) in [7, 11) is 0. The summed E-state index contributed by atoms with van der Waals surface area (Å²) in [5.74, 6) is 4.42. The molecule has 4 heavy (non-hydrogen) atoms. The summed E-state index contributed by atoms with van der Waals surface area (Å²) < 4.78 is 0. The van der Waals surface area contributed by atoms with E-state index in [1.54, 1.807) is 0 Å². The average molecular weight is 65.0 g/mol. The van der Waals surface area contributed by atoms with Crippen molar-refractivity contribution >= 4 is 34.1 Å². The Hall–Kier alpha value is 1.13. The Bertz CT molecular complexity index is 6.00. The van der Waals surface area contributed by atoms with Crippen molar-refractivity contribution in [2.24, 2.45) is 0 Å². The molecule has 0 aromatic heterocycles. The fourth-order valence-corrected chi connectivity index (χ4v) is 0. The first kappa shape index (κ1) is 8.93. The van der Waals surface area contributed by atoms with Crippen LogP contribution in [0.15, 0.2) is 0 Å². The van der Waals surface area contributed by atoms with E-state index in [0.717, 1.165) is 15.2 Å². The van der Waals surface area contributed by atoms with E-state index >= 15 is 0 Å². The van der Waals surface area contributed by atoms with Crippen LogP contribution in [0.3, 0.4) is 0 Å². The van der Waals surface area contributed by atoms with Crippen molar-refractivity contribution < 1.29 is 0 Å². The molecule has 0 saturated heterocycles. The molecule has 0 rings (SSSR count). The Kier molecular flexibility index (Phi) is 19.9. The van der Waals surface area contributed by atoms with Gasteiger partial charge in [-0.3, -0.25) is 0 Å². The van der Waals surface area contributed by atoms with E-state index in [1.807, 2.05) is 0 Å². The van der Waals surface area contributed by atoms with E-state index in [4.69, 9.17) is 0 Å². The van der Waals surface area contributed by atoms with Gasteiger partial charge in [-0.05, 0) is 0 Å². The quantitative estimate of drug-likeness (QED) is 0.352. The minimum atomic E-state index is 0. The first-order valence-corrected chi connectivity index (χ1v) is 3.46. The maximum atomic E-state index is 2.21. The summed E-state index contributed by atoms with van der Waals surface area (Å²) in [4.78, 5) is 0. The van der Waals surface area contributed by atoms with E-state index < -0.39 is 0 Å². The monoisotopic (exact) mass is 65.1 g/mol. The van der Waals surface area contributed by atoms with Gasteiger partial charge < -0.3 is 0 Å². The Morgan fingerprint density at radius 3 is 1.25 bits per heavy atom. The Balaban J connectivity index is 0. The van der Waals surface area contributed by atoms with Gasteiger partial charge in [-0.2, -0.15) is 0 Å². The molecule has 0 bridgehead atoms. The van der Waals surface area contributed by atoms with Gasteiger partial charge in [0.05, 0.1) is 0 Å². The molecule has 0 amide bonds. The predicted octanol–water partition coefficient (Wildman–Crippen LogP) is 0.138. The zero-order valence-corrected chi connectivity index (χ0v) is 3.73. The van der Waals surface area contributed by atoms with Gasteiger partial charge in [0.2, 0.25) is 0 Å². The predicted molar refractivity (Wildman–Crippen MR) is 24.6 cm³/mol. The third-order valence-corrected chi connectivity index (χ3v) is 0. The summed E-state index contributed by atoms with van der Waals surface area (Å²) in [6.45, 7) is 0. The van der Waals surface area contributed by atoms with E-state index in [1.165, 1.54) is 0 Å². The maximum absolute atomic E-state index is 2.21. The molecule has 19 valence electrons. The Labute approximate surface area is 45.9 Å². The normalized spacial score (nSPS) is 3.50. The fourth-order valence-electron chi connectivity index (χ4n) is 0. The van der Waals surface area contributed by atoms with E-state index in [2.05, 4.69) is 11.6 Å². The summed E-state index contributed by atoms with van der Waals surface area (Å²) in [5, 5.41) is 0. The second kappa shape index (κ2) is 8.92. The van der Waals surface area contributed by atoms with Gasteiger partial charge in [0, 0.05) is 0 Å². The van der Waals surface area contributed by atoms with Gasteiger partial charge in [0.25, 0.3) is 0 Å². The SMILES string of the molecule is [CH3][Al][CH3].[LiH]. The number of rotatable bonds is 0. The number of hydrogen-bond acceptors (Lipinski definition) is 0. The molecule has 0 nitrogen and oxygen atoms in total.